The van der Waals surface area contributed by atoms with Crippen molar-refractivity contribution in [2.24, 2.45) is 0 Å². The highest BCUT2D eigenvalue weighted by molar-refractivity contribution is 5.92. The molecule has 2 rings (SSSR count). The number of amides is 1. The summed E-state index contributed by atoms with van der Waals surface area (Å²) in [7, 11) is 0. The van der Waals surface area contributed by atoms with Gasteiger partial charge in [0.05, 0.1) is 0 Å². The second-order valence-electron chi connectivity index (χ2n) is 4.23. The molecule has 0 radical (unpaired) electrons. The van der Waals surface area contributed by atoms with Gasteiger partial charge in [0, 0.05) is 17.8 Å². The number of carbonyl (C=O) groups is 1. The van der Waals surface area contributed by atoms with Gasteiger partial charge in [0.1, 0.15) is 0 Å². The van der Waals surface area contributed by atoms with E-state index in [0.29, 0.717) is 6.04 Å². The minimum atomic E-state index is -0.0263. The molecule has 3 nitrogen and oxygen atoms in total. The minimum absolute atomic E-state index is 0.0263. The van der Waals surface area contributed by atoms with E-state index in [2.05, 4.69) is 5.32 Å². The number of rotatable bonds is 3. The maximum Gasteiger partial charge on any atom is 0.244 e. The summed E-state index contributed by atoms with van der Waals surface area (Å²) in [5.74, 6) is -0.0263. The van der Waals surface area contributed by atoms with Gasteiger partial charge in [-0.1, -0.05) is 12.1 Å². The van der Waals surface area contributed by atoms with Gasteiger partial charge in [-0.3, -0.25) is 4.79 Å². The molecule has 1 fully saturated rings. The van der Waals surface area contributed by atoms with E-state index in [9.17, 15) is 4.79 Å². The largest absolute Gasteiger partial charge is 0.398 e. The second kappa shape index (κ2) is 4.39. The van der Waals surface area contributed by atoms with Gasteiger partial charge in [-0.15, -0.1) is 0 Å². The highest BCUT2D eigenvalue weighted by atomic mass is 16.1. The van der Waals surface area contributed by atoms with Crippen molar-refractivity contribution in [3.8, 4) is 0 Å². The molecule has 1 saturated carbocycles. The number of hydrogen-bond acceptors (Lipinski definition) is 2. The number of hydrogen-bond donors (Lipinski definition) is 2. The van der Waals surface area contributed by atoms with Gasteiger partial charge in [-0.05, 0) is 43.0 Å². The molecule has 1 aliphatic carbocycles. The zero-order valence-electron chi connectivity index (χ0n) is 9.36. The third-order valence-electron chi connectivity index (χ3n) is 2.65. The van der Waals surface area contributed by atoms with Crippen LogP contribution in [0.25, 0.3) is 6.08 Å². The van der Waals surface area contributed by atoms with Crippen molar-refractivity contribution in [3.63, 3.8) is 0 Å². The van der Waals surface area contributed by atoms with Crippen LogP contribution in [0.5, 0.6) is 0 Å². The average molecular weight is 216 g/mol. The minimum Gasteiger partial charge on any atom is -0.398 e. The monoisotopic (exact) mass is 216 g/mol. The topological polar surface area (TPSA) is 55.1 Å². The van der Waals surface area contributed by atoms with Crippen molar-refractivity contribution in [2.75, 3.05) is 5.73 Å². The molecule has 84 valence electrons. The van der Waals surface area contributed by atoms with E-state index < -0.39 is 0 Å². The maximum absolute atomic E-state index is 11.4. The molecule has 1 aromatic carbocycles. The number of nitrogen functional groups attached to an aromatic ring is 1. The Hall–Kier alpha value is -1.77. The maximum atomic E-state index is 11.4. The first-order chi connectivity index (χ1) is 7.65. The van der Waals surface area contributed by atoms with Crippen LogP contribution in [0.1, 0.15) is 24.0 Å². The van der Waals surface area contributed by atoms with Gasteiger partial charge in [-0.2, -0.15) is 0 Å². The number of benzene rings is 1. The Bertz CT molecular complexity index is 434. The third-order valence-corrected chi connectivity index (χ3v) is 2.65. The summed E-state index contributed by atoms with van der Waals surface area (Å²) in [6.07, 6.45) is 5.56. The summed E-state index contributed by atoms with van der Waals surface area (Å²) in [5.41, 5.74) is 8.55. The molecule has 1 amide bonds. The molecule has 0 heterocycles. The fourth-order valence-corrected chi connectivity index (χ4v) is 1.41. The van der Waals surface area contributed by atoms with E-state index in [4.69, 9.17) is 5.73 Å². The van der Waals surface area contributed by atoms with Crippen molar-refractivity contribution in [3.05, 3.63) is 35.4 Å². The molecule has 0 saturated heterocycles. The summed E-state index contributed by atoms with van der Waals surface area (Å²) >= 11 is 0. The normalized spacial score (nSPS) is 15.3. The Morgan fingerprint density at radius 2 is 2.25 bits per heavy atom. The van der Waals surface area contributed by atoms with Crippen LogP contribution in [0.4, 0.5) is 5.69 Å². The van der Waals surface area contributed by atoms with E-state index in [0.717, 1.165) is 29.7 Å². The molecule has 3 N–H and O–H groups in total. The predicted octanol–water partition coefficient (Wildman–Crippen LogP) is 1.87. The van der Waals surface area contributed by atoms with Crippen LogP contribution in [-0.4, -0.2) is 11.9 Å². The fourth-order valence-electron chi connectivity index (χ4n) is 1.41. The van der Waals surface area contributed by atoms with E-state index in [1.54, 1.807) is 12.2 Å². The molecule has 3 heteroatoms. The van der Waals surface area contributed by atoms with E-state index in [-0.39, 0.29) is 5.91 Å². The van der Waals surface area contributed by atoms with Crippen molar-refractivity contribution in [2.45, 2.75) is 25.8 Å². The molecule has 0 aliphatic heterocycles. The van der Waals surface area contributed by atoms with E-state index in [1.807, 2.05) is 25.1 Å². The highest BCUT2D eigenvalue weighted by Gasteiger charge is 2.21. The number of nitrogens with one attached hydrogen (secondary N) is 1. The molecule has 16 heavy (non-hydrogen) atoms. The molecule has 0 bridgehead atoms. The summed E-state index contributed by atoms with van der Waals surface area (Å²) in [6.45, 7) is 1.96. The lowest BCUT2D eigenvalue weighted by molar-refractivity contribution is -0.116. The summed E-state index contributed by atoms with van der Waals surface area (Å²) in [5, 5.41) is 2.89. The van der Waals surface area contributed by atoms with Crippen LogP contribution < -0.4 is 11.1 Å². The van der Waals surface area contributed by atoms with Crippen LogP contribution in [0.2, 0.25) is 0 Å². The predicted molar refractivity (Wildman–Crippen MR) is 65.8 cm³/mol. The van der Waals surface area contributed by atoms with Gasteiger partial charge in [0.15, 0.2) is 0 Å². The smallest absolute Gasteiger partial charge is 0.244 e. The Morgan fingerprint density at radius 1 is 1.50 bits per heavy atom. The van der Waals surface area contributed by atoms with Gasteiger partial charge < -0.3 is 11.1 Å². The first-order valence-corrected chi connectivity index (χ1v) is 5.50. The number of anilines is 1. The molecule has 1 aromatic rings. The van der Waals surface area contributed by atoms with Crippen LogP contribution in [0.3, 0.4) is 0 Å². The molecule has 0 atom stereocenters. The van der Waals surface area contributed by atoms with Crippen molar-refractivity contribution in [1.82, 2.24) is 5.32 Å². The molecule has 0 spiro atoms. The number of aryl methyl sites for hydroxylation is 1. The molecule has 1 aliphatic rings. The van der Waals surface area contributed by atoms with Crippen LogP contribution in [-0.2, 0) is 4.79 Å². The van der Waals surface area contributed by atoms with E-state index in [1.165, 1.54) is 0 Å². The number of nitrogens with two attached hydrogens (primary N) is 1. The Kier molecular flexibility index (Phi) is 2.95. The summed E-state index contributed by atoms with van der Waals surface area (Å²) in [4.78, 5) is 11.4. The Balaban J connectivity index is 1.98. The number of carbonyl (C=O) groups excluding carboxylic acids is 1. The SMILES string of the molecule is Cc1ccc(/C=C/C(=O)NC2CC2)cc1N. The third kappa shape index (κ3) is 2.86. The van der Waals surface area contributed by atoms with Crippen LogP contribution >= 0.6 is 0 Å². The average Bonchev–Trinajstić information content (AvgIpc) is 3.04. The lowest BCUT2D eigenvalue weighted by atomic mass is 10.1. The zero-order chi connectivity index (χ0) is 11.5. The van der Waals surface area contributed by atoms with Crippen molar-refractivity contribution in [1.29, 1.82) is 0 Å². The fraction of sp³-hybridized carbons (Fsp3) is 0.308. The summed E-state index contributed by atoms with van der Waals surface area (Å²) < 4.78 is 0. The van der Waals surface area contributed by atoms with Gasteiger partial charge in [0.2, 0.25) is 5.91 Å². The van der Waals surface area contributed by atoms with Crippen LogP contribution in [0, 0.1) is 6.92 Å². The lowest BCUT2D eigenvalue weighted by Crippen LogP contribution is -2.22. The first-order valence-electron chi connectivity index (χ1n) is 5.50. The second-order valence-corrected chi connectivity index (χ2v) is 4.23. The first kappa shape index (κ1) is 10.7. The molecule has 0 aromatic heterocycles. The van der Waals surface area contributed by atoms with Crippen LogP contribution in [0.15, 0.2) is 24.3 Å². The zero-order valence-corrected chi connectivity index (χ0v) is 9.36. The van der Waals surface area contributed by atoms with E-state index >= 15 is 0 Å². The van der Waals surface area contributed by atoms with Crippen molar-refractivity contribution < 1.29 is 4.79 Å². The molecular formula is C13H16N2O. The molecular weight excluding hydrogens is 200 g/mol. The lowest BCUT2D eigenvalue weighted by Gasteiger charge is -2.01. The van der Waals surface area contributed by atoms with Gasteiger partial charge in [-0.25, -0.2) is 0 Å². The van der Waals surface area contributed by atoms with Gasteiger partial charge >= 0.3 is 0 Å². The van der Waals surface area contributed by atoms with Crippen molar-refractivity contribution >= 4 is 17.7 Å². The standard InChI is InChI=1S/C13H16N2O/c1-9-2-3-10(8-12(9)14)4-7-13(16)15-11-5-6-11/h2-4,7-8,11H,5-6,14H2,1H3,(H,15,16)/b7-4+. The summed E-state index contributed by atoms with van der Waals surface area (Å²) in [6, 6.07) is 6.18. The highest BCUT2D eigenvalue weighted by Crippen LogP contribution is 2.18. The quantitative estimate of drug-likeness (QED) is 0.598. The molecule has 0 unspecified atom stereocenters. The Morgan fingerprint density at radius 3 is 2.88 bits per heavy atom. The van der Waals surface area contributed by atoms with Gasteiger partial charge in [0.25, 0.3) is 0 Å². The Labute approximate surface area is 95.3 Å².